The van der Waals surface area contributed by atoms with Crippen molar-refractivity contribution in [2.24, 2.45) is 0 Å². The van der Waals surface area contributed by atoms with Crippen LogP contribution in [0.25, 0.3) is 17.3 Å². The molecule has 0 unspecified atom stereocenters. The first-order valence-corrected chi connectivity index (χ1v) is 8.87. The molecule has 0 radical (unpaired) electrons. The zero-order valence-corrected chi connectivity index (χ0v) is 13.6. The lowest BCUT2D eigenvalue weighted by Crippen LogP contribution is -2.20. The summed E-state index contributed by atoms with van der Waals surface area (Å²) in [6, 6.07) is 14.7. The fourth-order valence-corrected chi connectivity index (χ4v) is 2.87. The van der Waals surface area contributed by atoms with Gasteiger partial charge in [0.1, 0.15) is 0 Å². The van der Waals surface area contributed by atoms with Crippen LogP contribution in [0.5, 0.6) is 0 Å². The van der Waals surface area contributed by atoms with E-state index in [1.54, 1.807) is 24.8 Å². The highest BCUT2D eigenvalue weighted by Crippen LogP contribution is 2.17. The number of sulfonamides is 1. The predicted octanol–water partition coefficient (Wildman–Crippen LogP) is 3.43. The third kappa shape index (κ3) is 4.41. The normalized spacial score (nSPS) is 11.8. The van der Waals surface area contributed by atoms with Crippen LogP contribution in [0.15, 0.2) is 77.1 Å². The fourth-order valence-electron chi connectivity index (χ4n) is 2.07. The van der Waals surface area contributed by atoms with E-state index in [4.69, 9.17) is 4.42 Å². The molecule has 6 heteroatoms. The average molecular weight is 340 g/mol. The minimum atomic E-state index is -3.50. The number of hydrogen-bond donors (Lipinski definition) is 1. The van der Waals surface area contributed by atoms with Crippen LogP contribution in [0.2, 0.25) is 0 Å². The lowest BCUT2D eigenvalue weighted by atomic mass is 10.2. The Kier molecular flexibility index (Phi) is 4.88. The molecule has 1 N–H and O–H groups in total. The van der Waals surface area contributed by atoms with Crippen LogP contribution in [0.4, 0.5) is 0 Å². The number of benzene rings is 1. The summed E-state index contributed by atoms with van der Waals surface area (Å²) in [5.41, 5.74) is 3.26. The van der Waals surface area contributed by atoms with Gasteiger partial charge in [-0.2, -0.15) is 0 Å². The molecule has 0 atom stereocenters. The Balaban J connectivity index is 1.61. The van der Waals surface area contributed by atoms with Crippen LogP contribution in [-0.2, 0) is 16.6 Å². The van der Waals surface area contributed by atoms with Gasteiger partial charge in [-0.05, 0) is 29.3 Å². The largest absolute Gasteiger partial charge is 0.472 e. The highest BCUT2D eigenvalue weighted by molar-refractivity contribution is 7.92. The second kappa shape index (κ2) is 7.25. The fraction of sp³-hybridized carbons (Fsp3) is 0.0556. The van der Waals surface area contributed by atoms with Gasteiger partial charge in [0.25, 0.3) is 0 Å². The second-order valence-electron chi connectivity index (χ2n) is 5.14. The van der Waals surface area contributed by atoms with E-state index in [9.17, 15) is 8.42 Å². The van der Waals surface area contributed by atoms with E-state index in [1.165, 1.54) is 0 Å². The van der Waals surface area contributed by atoms with E-state index in [-0.39, 0.29) is 6.54 Å². The van der Waals surface area contributed by atoms with Gasteiger partial charge >= 0.3 is 0 Å². The average Bonchev–Trinajstić information content (AvgIpc) is 3.15. The van der Waals surface area contributed by atoms with Crippen LogP contribution >= 0.6 is 0 Å². The highest BCUT2D eigenvalue weighted by atomic mass is 32.2. The Labute approximate surface area is 140 Å². The van der Waals surface area contributed by atoms with Gasteiger partial charge in [-0.1, -0.05) is 36.4 Å². The van der Waals surface area contributed by atoms with Gasteiger partial charge < -0.3 is 4.42 Å². The van der Waals surface area contributed by atoms with Crippen molar-refractivity contribution in [1.82, 2.24) is 9.71 Å². The summed E-state index contributed by atoms with van der Waals surface area (Å²) in [6.07, 6.45) is 6.39. The van der Waals surface area contributed by atoms with Crippen LogP contribution in [0.1, 0.15) is 11.1 Å². The molecule has 1 aromatic carbocycles. The summed E-state index contributed by atoms with van der Waals surface area (Å²) < 4.78 is 31.5. The van der Waals surface area contributed by atoms with Crippen LogP contribution in [0.3, 0.4) is 0 Å². The van der Waals surface area contributed by atoms with Crippen LogP contribution in [-0.4, -0.2) is 13.4 Å². The molecule has 2 aromatic heterocycles. The molecule has 0 spiro atoms. The van der Waals surface area contributed by atoms with Gasteiger partial charge in [-0.15, -0.1) is 0 Å². The minimum absolute atomic E-state index is 0.181. The van der Waals surface area contributed by atoms with Gasteiger partial charge in [0.05, 0.1) is 18.2 Å². The van der Waals surface area contributed by atoms with Crippen molar-refractivity contribution in [2.45, 2.75) is 6.54 Å². The third-order valence-electron chi connectivity index (χ3n) is 3.36. The molecule has 0 aliphatic rings. The molecule has 5 nitrogen and oxygen atoms in total. The molecule has 0 bridgehead atoms. The van der Waals surface area contributed by atoms with Crippen molar-refractivity contribution in [2.75, 3.05) is 0 Å². The summed E-state index contributed by atoms with van der Waals surface area (Å²) in [5.74, 6) is 0. The maximum atomic E-state index is 12.0. The maximum Gasteiger partial charge on any atom is 0.234 e. The van der Waals surface area contributed by atoms with Crippen molar-refractivity contribution in [3.63, 3.8) is 0 Å². The molecule has 0 amide bonds. The number of nitrogens with zero attached hydrogens (tertiary/aromatic N) is 1. The Morgan fingerprint density at radius 1 is 1.08 bits per heavy atom. The lowest BCUT2D eigenvalue weighted by Gasteiger charge is -2.04. The van der Waals surface area contributed by atoms with E-state index in [0.29, 0.717) is 0 Å². The van der Waals surface area contributed by atoms with E-state index in [2.05, 4.69) is 9.71 Å². The second-order valence-corrected chi connectivity index (χ2v) is 6.79. The predicted molar refractivity (Wildman–Crippen MR) is 93.2 cm³/mol. The Morgan fingerprint density at radius 2 is 1.92 bits per heavy atom. The number of rotatable bonds is 6. The van der Waals surface area contributed by atoms with Gasteiger partial charge in [0.15, 0.2) is 0 Å². The first kappa shape index (κ1) is 16.2. The summed E-state index contributed by atoms with van der Waals surface area (Å²) in [5, 5.41) is 1.16. The smallest absolute Gasteiger partial charge is 0.234 e. The monoisotopic (exact) mass is 340 g/mol. The zero-order chi connectivity index (χ0) is 16.8. The summed E-state index contributed by atoms with van der Waals surface area (Å²) in [4.78, 5) is 4.30. The number of furan rings is 1. The van der Waals surface area contributed by atoms with Gasteiger partial charge in [-0.25, -0.2) is 13.1 Å². The molecule has 3 aromatic rings. The van der Waals surface area contributed by atoms with Gasteiger partial charge in [0.2, 0.25) is 10.0 Å². The third-order valence-corrected chi connectivity index (χ3v) is 4.40. The summed E-state index contributed by atoms with van der Waals surface area (Å²) in [6.45, 7) is 0.181. The van der Waals surface area contributed by atoms with Crippen LogP contribution in [0, 0.1) is 0 Å². The zero-order valence-electron chi connectivity index (χ0n) is 12.8. The molecular weight excluding hydrogens is 324 g/mol. The Morgan fingerprint density at radius 3 is 2.58 bits per heavy atom. The van der Waals surface area contributed by atoms with E-state index in [0.717, 1.165) is 27.8 Å². The van der Waals surface area contributed by atoms with E-state index >= 15 is 0 Å². The van der Waals surface area contributed by atoms with Crippen molar-refractivity contribution in [1.29, 1.82) is 0 Å². The first-order chi connectivity index (χ1) is 11.6. The van der Waals surface area contributed by atoms with Crippen molar-refractivity contribution >= 4 is 16.1 Å². The number of nitrogens with one attached hydrogen (secondary N) is 1. The molecule has 0 saturated carbocycles. The standard InChI is InChI=1S/C18H16N2O3S/c21-24(22,11-9-15-4-2-1-3-5-15)20-13-16-6-7-18(19-12-16)17-8-10-23-14-17/h1-12,14,20H,13H2/b11-9+. The molecule has 0 fully saturated rings. The summed E-state index contributed by atoms with van der Waals surface area (Å²) >= 11 is 0. The van der Waals surface area contributed by atoms with Gasteiger partial charge in [0, 0.05) is 23.7 Å². The molecule has 24 heavy (non-hydrogen) atoms. The van der Waals surface area contributed by atoms with Crippen molar-refractivity contribution in [3.05, 3.63) is 83.8 Å². The number of aromatic nitrogens is 1. The lowest BCUT2D eigenvalue weighted by molar-refractivity contribution is 0.568. The molecule has 122 valence electrons. The minimum Gasteiger partial charge on any atom is -0.472 e. The molecule has 0 aliphatic carbocycles. The number of hydrogen-bond acceptors (Lipinski definition) is 4. The molecule has 0 aliphatic heterocycles. The van der Waals surface area contributed by atoms with Gasteiger partial charge in [-0.3, -0.25) is 4.98 Å². The van der Waals surface area contributed by atoms with E-state index < -0.39 is 10.0 Å². The van der Waals surface area contributed by atoms with Crippen molar-refractivity contribution in [3.8, 4) is 11.3 Å². The SMILES string of the molecule is O=S(=O)(/C=C/c1ccccc1)NCc1ccc(-c2ccoc2)nc1. The quantitative estimate of drug-likeness (QED) is 0.746. The first-order valence-electron chi connectivity index (χ1n) is 7.33. The molecule has 3 rings (SSSR count). The number of pyridine rings is 1. The molecule has 0 saturated heterocycles. The highest BCUT2D eigenvalue weighted by Gasteiger charge is 2.06. The Bertz CT molecular complexity index is 901. The van der Waals surface area contributed by atoms with E-state index in [1.807, 2.05) is 48.5 Å². The Hall–Kier alpha value is -2.70. The summed E-state index contributed by atoms with van der Waals surface area (Å²) in [7, 11) is -3.50. The molecular formula is C18H16N2O3S. The maximum absolute atomic E-state index is 12.0. The topological polar surface area (TPSA) is 72.2 Å². The molecule has 2 heterocycles. The van der Waals surface area contributed by atoms with Crippen molar-refractivity contribution < 1.29 is 12.8 Å². The van der Waals surface area contributed by atoms with Crippen LogP contribution < -0.4 is 4.72 Å².